The maximum Gasteiger partial charge on any atom is 0.294 e. The van der Waals surface area contributed by atoms with E-state index in [0.717, 1.165) is 4.34 Å². The zero-order valence-electron chi connectivity index (χ0n) is 9.89. The molecule has 0 bridgehead atoms. The van der Waals surface area contributed by atoms with Crippen molar-refractivity contribution in [3.63, 3.8) is 0 Å². The molecule has 0 spiro atoms. The molecule has 2 heterocycles. The number of thiophene rings is 1. The zero-order valence-corrected chi connectivity index (χ0v) is 13.2. The van der Waals surface area contributed by atoms with Crippen LogP contribution in [0.3, 0.4) is 0 Å². The third-order valence-electron chi connectivity index (χ3n) is 2.05. The van der Waals surface area contributed by atoms with E-state index < -0.39 is 11.0 Å². The van der Waals surface area contributed by atoms with E-state index in [1.54, 1.807) is 6.92 Å². The topological polar surface area (TPSA) is 89.2 Å². The molecule has 19 heavy (non-hydrogen) atoms. The molecule has 0 aliphatic heterocycles. The van der Waals surface area contributed by atoms with Gasteiger partial charge < -0.3 is 5.11 Å². The van der Waals surface area contributed by atoms with Crippen LogP contribution in [0.25, 0.3) is 0 Å². The van der Waals surface area contributed by atoms with Crippen molar-refractivity contribution in [1.82, 2.24) is 10.2 Å². The summed E-state index contributed by atoms with van der Waals surface area (Å²) in [6, 6.07) is 1.41. The fourth-order valence-corrected chi connectivity index (χ4v) is 5.13. The first-order valence-corrected chi connectivity index (χ1v) is 8.70. The van der Waals surface area contributed by atoms with E-state index in [1.807, 2.05) is 6.26 Å². The lowest BCUT2D eigenvalue weighted by atomic mass is 10.3. The molecule has 0 aromatic carbocycles. The molecular weight excluding hydrogens is 326 g/mol. The summed E-state index contributed by atoms with van der Waals surface area (Å²) >= 11 is 5.30. The van der Waals surface area contributed by atoms with Gasteiger partial charge in [0.05, 0.1) is 11.0 Å². The average Bonchev–Trinajstić information content (AvgIpc) is 2.96. The molecule has 6 nitrogen and oxygen atoms in total. The maximum atomic E-state index is 11.0. The average molecular weight is 335 g/mol. The number of aliphatic hydroxyl groups is 1. The van der Waals surface area contributed by atoms with Gasteiger partial charge in [0.2, 0.25) is 0 Å². The van der Waals surface area contributed by atoms with Crippen LogP contribution in [0, 0.1) is 10.1 Å². The fraction of sp³-hybridized carbons (Fsp3) is 0.333. The number of aliphatic hydroxyl groups excluding tert-OH is 1. The van der Waals surface area contributed by atoms with Gasteiger partial charge >= 0.3 is 0 Å². The molecule has 0 saturated carbocycles. The summed E-state index contributed by atoms with van der Waals surface area (Å²) in [5, 5.41) is 28.4. The van der Waals surface area contributed by atoms with Crippen molar-refractivity contribution in [3.8, 4) is 0 Å². The van der Waals surface area contributed by atoms with Gasteiger partial charge in [0.1, 0.15) is 4.21 Å². The first-order chi connectivity index (χ1) is 9.01. The van der Waals surface area contributed by atoms with Crippen LogP contribution in [-0.4, -0.2) is 26.5 Å². The third-order valence-corrected chi connectivity index (χ3v) is 6.48. The molecule has 1 atom stereocenters. The normalized spacial score (nSPS) is 12.6. The molecule has 0 amide bonds. The number of hydrogen-bond donors (Lipinski definition) is 1. The molecule has 0 aliphatic rings. The third kappa shape index (κ3) is 3.45. The highest BCUT2D eigenvalue weighted by atomic mass is 32.2. The Labute approximate surface area is 125 Å². The summed E-state index contributed by atoms with van der Waals surface area (Å²) in [5.41, 5.74) is 0.00630. The van der Waals surface area contributed by atoms with Gasteiger partial charge in [-0.15, -0.1) is 21.5 Å². The van der Waals surface area contributed by atoms with E-state index in [9.17, 15) is 15.2 Å². The number of nitro groups is 1. The van der Waals surface area contributed by atoms with Crippen molar-refractivity contribution in [1.29, 1.82) is 0 Å². The van der Waals surface area contributed by atoms with E-state index >= 15 is 0 Å². The van der Waals surface area contributed by atoms with Gasteiger partial charge in [-0.05, 0) is 24.9 Å². The number of aromatic nitrogens is 2. The molecule has 102 valence electrons. The summed E-state index contributed by atoms with van der Waals surface area (Å²) < 4.78 is 1.99. The zero-order chi connectivity index (χ0) is 14.0. The lowest BCUT2D eigenvalue weighted by Crippen LogP contribution is -1.87. The predicted molar refractivity (Wildman–Crippen MR) is 77.4 cm³/mol. The minimum atomic E-state index is -0.714. The van der Waals surface area contributed by atoms with Crippen LogP contribution in [0.4, 0.5) is 5.69 Å². The molecule has 0 saturated heterocycles. The Bertz CT molecular complexity index is 595. The highest BCUT2D eigenvalue weighted by Gasteiger charge is 2.23. The second-order valence-corrected chi connectivity index (χ2v) is 8.03. The van der Waals surface area contributed by atoms with Crippen LogP contribution in [0.2, 0.25) is 0 Å². The van der Waals surface area contributed by atoms with Crippen LogP contribution >= 0.6 is 46.2 Å². The van der Waals surface area contributed by atoms with E-state index in [4.69, 9.17) is 0 Å². The second-order valence-electron chi connectivity index (χ2n) is 3.39. The number of hydrogen-bond acceptors (Lipinski definition) is 9. The standard InChI is InChI=1S/C9H9N3O3S4/c1-4(13)6-3-5(12(14)15)7(17-6)18-9-11-10-8(16-2)19-9/h3-4,13H,1-2H3. The van der Waals surface area contributed by atoms with Crippen molar-refractivity contribution in [2.24, 2.45) is 0 Å². The smallest absolute Gasteiger partial charge is 0.294 e. The second kappa shape index (κ2) is 6.18. The van der Waals surface area contributed by atoms with Crippen LogP contribution in [0.1, 0.15) is 17.9 Å². The van der Waals surface area contributed by atoms with Crippen molar-refractivity contribution in [2.75, 3.05) is 6.26 Å². The van der Waals surface area contributed by atoms with Gasteiger partial charge in [-0.3, -0.25) is 10.1 Å². The molecule has 0 aliphatic carbocycles. The van der Waals surface area contributed by atoms with E-state index in [2.05, 4.69) is 10.2 Å². The number of nitrogens with zero attached hydrogens (tertiary/aromatic N) is 3. The Hall–Kier alpha value is -0.680. The fourth-order valence-electron chi connectivity index (χ4n) is 1.19. The molecule has 1 N–H and O–H groups in total. The molecule has 10 heteroatoms. The lowest BCUT2D eigenvalue weighted by molar-refractivity contribution is -0.387. The number of thioether (sulfide) groups is 1. The summed E-state index contributed by atoms with van der Waals surface area (Å²) in [7, 11) is 0. The molecule has 2 rings (SSSR count). The minimum Gasteiger partial charge on any atom is -0.388 e. The van der Waals surface area contributed by atoms with E-state index in [-0.39, 0.29) is 5.69 Å². The molecule has 2 aromatic heterocycles. The highest BCUT2D eigenvalue weighted by Crippen LogP contribution is 2.44. The summed E-state index contributed by atoms with van der Waals surface area (Å²) in [5.74, 6) is 0. The van der Waals surface area contributed by atoms with Crippen LogP contribution in [0.5, 0.6) is 0 Å². The van der Waals surface area contributed by atoms with E-state index in [0.29, 0.717) is 13.4 Å². The quantitative estimate of drug-likeness (QED) is 0.508. The van der Waals surface area contributed by atoms with E-state index in [1.165, 1.54) is 52.3 Å². The Balaban J connectivity index is 2.30. The highest BCUT2D eigenvalue weighted by molar-refractivity contribution is 8.04. The van der Waals surface area contributed by atoms with Crippen molar-refractivity contribution >= 4 is 51.9 Å². The SMILES string of the molecule is CSc1nnc(Sc2sc(C(C)O)cc2[N+](=O)[O-])s1. The molecule has 1 unspecified atom stereocenters. The van der Waals surface area contributed by atoms with Crippen molar-refractivity contribution in [3.05, 3.63) is 21.1 Å². The largest absolute Gasteiger partial charge is 0.388 e. The van der Waals surface area contributed by atoms with Gasteiger partial charge in [-0.2, -0.15) is 0 Å². The molecule has 0 fully saturated rings. The van der Waals surface area contributed by atoms with Crippen molar-refractivity contribution in [2.45, 2.75) is 25.9 Å². The van der Waals surface area contributed by atoms with Gasteiger partial charge in [0.25, 0.3) is 5.69 Å². The van der Waals surface area contributed by atoms with Gasteiger partial charge in [-0.25, -0.2) is 0 Å². The van der Waals surface area contributed by atoms with Crippen LogP contribution in [0.15, 0.2) is 19.0 Å². The molecule has 0 radical (unpaired) electrons. The lowest BCUT2D eigenvalue weighted by Gasteiger charge is -1.95. The Kier molecular flexibility index (Phi) is 4.79. The minimum absolute atomic E-state index is 0.00630. The van der Waals surface area contributed by atoms with Crippen LogP contribution < -0.4 is 0 Å². The maximum absolute atomic E-state index is 11.0. The predicted octanol–water partition coefficient (Wildman–Crippen LogP) is 3.43. The summed E-state index contributed by atoms with van der Waals surface area (Å²) in [6.07, 6.45) is 1.18. The Morgan fingerprint density at radius 3 is 2.63 bits per heavy atom. The first-order valence-electron chi connectivity index (χ1n) is 5.02. The summed E-state index contributed by atoms with van der Waals surface area (Å²) in [6.45, 7) is 1.58. The first kappa shape index (κ1) is 14.7. The van der Waals surface area contributed by atoms with Crippen LogP contribution in [-0.2, 0) is 0 Å². The van der Waals surface area contributed by atoms with Gasteiger partial charge in [-0.1, -0.05) is 23.1 Å². The monoisotopic (exact) mass is 335 g/mol. The molecule has 2 aromatic rings. The molecular formula is C9H9N3O3S4. The number of rotatable bonds is 5. The Morgan fingerprint density at radius 1 is 1.42 bits per heavy atom. The summed E-state index contributed by atoms with van der Waals surface area (Å²) in [4.78, 5) is 11.1. The van der Waals surface area contributed by atoms with Gasteiger partial charge in [0.15, 0.2) is 8.68 Å². The van der Waals surface area contributed by atoms with Gasteiger partial charge in [0, 0.05) is 10.9 Å². The van der Waals surface area contributed by atoms with Crippen molar-refractivity contribution < 1.29 is 10.0 Å². The Morgan fingerprint density at radius 2 is 2.11 bits per heavy atom.